The third-order valence-electron chi connectivity index (χ3n) is 3.69. The van der Waals surface area contributed by atoms with Gasteiger partial charge in [-0.05, 0) is 36.4 Å². The second kappa shape index (κ2) is 7.37. The van der Waals surface area contributed by atoms with Gasteiger partial charge < -0.3 is 10.1 Å². The van der Waals surface area contributed by atoms with Gasteiger partial charge in [0.2, 0.25) is 5.06 Å². The van der Waals surface area contributed by atoms with Crippen molar-refractivity contribution >= 4 is 22.2 Å². The number of ether oxygens (including phenoxy) is 1. The quantitative estimate of drug-likeness (QED) is 0.441. The predicted octanol–water partition coefficient (Wildman–Crippen LogP) is 6.49. The third-order valence-corrected chi connectivity index (χ3v) is 4.54. The minimum Gasteiger partial charge on any atom is -0.444 e. The standard InChI is InChI=1S/C21H15FN2OS/c22-16-11-13-17(14-12-16)23-21-24-19(15-7-3-1-4-8-15)20(26-21)25-18-9-5-2-6-10-18/h1-14H,(H,23,24). The summed E-state index contributed by atoms with van der Waals surface area (Å²) in [6, 6.07) is 25.7. The molecule has 26 heavy (non-hydrogen) atoms. The molecule has 0 aliphatic heterocycles. The maximum Gasteiger partial charge on any atom is 0.210 e. The Morgan fingerprint density at radius 3 is 2.15 bits per heavy atom. The fourth-order valence-corrected chi connectivity index (χ4v) is 3.34. The van der Waals surface area contributed by atoms with E-state index in [0.29, 0.717) is 10.2 Å². The van der Waals surface area contributed by atoms with Gasteiger partial charge in [0.15, 0.2) is 5.13 Å². The highest BCUT2D eigenvalue weighted by Crippen LogP contribution is 2.41. The van der Waals surface area contributed by atoms with Crippen LogP contribution in [0.15, 0.2) is 84.9 Å². The lowest BCUT2D eigenvalue weighted by molar-refractivity contribution is 0.497. The molecule has 1 heterocycles. The summed E-state index contributed by atoms with van der Waals surface area (Å²) in [5.74, 6) is 0.481. The van der Waals surface area contributed by atoms with Gasteiger partial charge >= 0.3 is 0 Å². The molecule has 0 fully saturated rings. The Morgan fingerprint density at radius 2 is 1.46 bits per heavy atom. The molecule has 128 valence electrons. The summed E-state index contributed by atoms with van der Waals surface area (Å²) in [5.41, 5.74) is 2.51. The fraction of sp³-hybridized carbons (Fsp3) is 0. The van der Waals surface area contributed by atoms with E-state index in [1.54, 1.807) is 12.1 Å². The van der Waals surface area contributed by atoms with Gasteiger partial charge in [-0.2, -0.15) is 0 Å². The summed E-state index contributed by atoms with van der Waals surface area (Å²) >= 11 is 1.41. The SMILES string of the molecule is Fc1ccc(Nc2nc(-c3ccccc3)c(Oc3ccccc3)s2)cc1. The normalized spacial score (nSPS) is 10.5. The number of benzene rings is 3. The maximum absolute atomic E-state index is 13.1. The van der Waals surface area contributed by atoms with E-state index in [9.17, 15) is 4.39 Å². The van der Waals surface area contributed by atoms with E-state index in [-0.39, 0.29) is 5.82 Å². The number of anilines is 2. The summed E-state index contributed by atoms with van der Waals surface area (Å²) in [6.45, 7) is 0. The van der Waals surface area contributed by atoms with Gasteiger partial charge in [-0.15, -0.1) is 0 Å². The van der Waals surface area contributed by atoms with E-state index in [2.05, 4.69) is 10.3 Å². The molecule has 0 unspecified atom stereocenters. The molecule has 0 aliphatic rings. The van der Waals surface area contributed by atoms with Crippen molar-refractivity contribution in [3.63, 3.8) is 0 Å². The van der Waals surface area contributed by atoms with Crippen LogP contribution in [0.5, 0.6) is 10.8 Å². The van der Waals surface area contributed by atoms with Gasteiger partial charge in [0.25, 0.3) is 0 Å². The van der Waals surface area contributed by atoms with Crippen LogP contribution in [0.1, 0.15) is 0 Å². The van der Waals surface area contributed by atoms with Crippen molar-refractivity contribution in [1.29, 1.82) is 0 Å². The van der Waals surface area contributed by atoms with Crippen LogP contribution in [-0.2, 0) is 0 Å². The summed E-state index contributed by atoms with van der Waals surface area (Å²) in [6.07, 6.45) is 0. The summed E-state index contributed by atoms with van der Waals surface area (Å²) in [4.78, 5) is 4.68. The summed E-state index contributed by atoms with van der Waals surface area (Å²) in [5, 5.41) is 4.59. The first kappa shape index (κ1) is 16.3. The number of aromatic nitrogens is 1. The molecule has 4 aromatic rings. The van der Waals surface area contributed by atoms with Crippen LogP contribution < -0.4 is 10.1 Å². The van der Waals surface area contributed by atoms with Crippen molar-refractivity contribution in [2.45, 2.75) is 0 Å². The van der Waals surface area contributed by atoms with Gasteiger partial charge in [-0.3, -0.25) is 0 Å². The number of halogens is 1. The van der Waals surface area contributed by atoms with E-state index in [0.717, 1.165) is 22.7 Å². The first-order valence-corrected chi connectivity index (χ1v) is 8.91. The van der Waals surface area contributed by atoms with Crippen LogP contribution in [0.2, 0.25) is 0 Å². The zero-order valence-corrected chi connectivity index (χ0v) is 14.5. The number of para-hydroxylation sites is 1. The number of hydrogen-bond donors (Lipinski definition) is 1. The van der Waals surface area contributed by atoms with Crippen LogP contribution in [0.25, 0.3) is 11.3 Å². The summed E-state index contributed by atoms with van der Waals surface area (Å²) in [7, 11) is 0. The molecule has 1 aromatic heterocycles. The fourth-order valence-electron chi connectivity index (χ4n) is 2.46. The first-order chi connectivity index (χ1) is 12.8. The number of nitrogens with one attached hydrogen (secondary N) is 1. The van der Waals surface area contributed by atoms with E-state index in [1.807, 2.05) is 60.7 Å². The van der Waals surface area contributed by atoms with Crippen LogP contribution in [0.4, 0.5) is 15.2 Å². The Morgan fingerprint density at radius 1 is 0.808 bits per heavy atom. The molecule has 1 N–H and O–H groups in total. The average molecular weight is 362 g/mol. The molecular formula is C21H15FN2OS. The highest BCUT2D eigenvalue weighted by Gasteiger charge is 2.15. The molecule has 5 heteroatoms. The van der Waals surface area contributed by atoms with Crippen molar-refractivity contribution in [3.05, 3.63) is 90.7 Å². The molecule has 3 nitrogen and oxygen atoms in total. The van der Waals surface area contributed by atoms with Crippen molar-refractivity contribution in [1.82, 2.24) is 4.98 Å². The van der Waals surface area contributed by atoms with E-state index < -0.39 is 0 Å². The molecule has 0 saturated carbocycles. The second-order valence-corrected chi connectivity index (χ2v) is 6.53. The zero-order valence-electron chi connectivity index (χ0n) is 13.7. The highest BCUT2D eigenvalue weighted by atomic mass is 32.1. The molecule has 3 aromatic carbocycles. The second-order valence-electron chi connectivity index (χ2n) is 5.57. The average Bonchev–Trinajstić information content (AvgIpc) is 3.07. The van der Waals surface area contributed by atoms with E-state index in [4.69, 9.17) is 4.74 Å². The van der Waals surface area contributed by atoms with Crippen LogP contribution >= 0.6 is 11.3 Å². The Balaban J connectivity index is 1.68. The number of nitrogens with zero attached hydrogens (tertiary/aromatic N) is 1. The van der Waals surface area contributed by atoms with E-state index in [1.165, 1.54) is 23.5 Å². The number of hydrogen-bond acceptors (Lipinski definition) is 4. The topological polar surface area (TPSA) is 34.2 Å². The molecule has 0 aliphatic carbocycles. The Labute approximate surface area is 154 Å². The molecule has 0 spiro atoms. The molecule has 0 bridgehead atoms. The predicted molar refractivity (Wildman–Crippen MR) is 104 cm³/mol. The largest absolute Gasteiger partial charge is 0.444 e. The van der Waals surface area contributed by atoms with E-state index >= 15 is 0 Å². The van der Waals surface area contributed by atoms with Gasteiger partial charge in [0.1, 0.15) is 17.3 Å². The van der Waals surface area contributed by atoms with Crippen molar-refractivity contribution in [2.75, 3.05) is 5.32 Å². The molecule has 0 radical (unpaired) electrons. The minimum absolute atomic E-state index is 0.271. The number of rotatable bonds is 5. The third kappa shape index (κ3) is 3.73. The minimum atomic E-state index is -0.271. The van der Waals surface area contributed by atoms with Gasteiger partial charge in [-0.1, -0.05) is 59.9 Å². The van der Waals surface area contributed by atoms with Crippen molar-refractivity contribution in [3.8, 4) is 22.1 Å². The monoisotopic (exact) mass is 362 g/mol. The molecule has 0 saturated heterocycles. The molecular weight excluding hydrogens is 347 g/mol. The maximum atomic E-state index is 13.1. The smallest absolute Gasteiger partial charge is 0.210 e. The van der Waals surface area contributed by atoms with Gasteiger partial charge in [0, 0.05) is 11.3 Å². The first-order valence-electron chi connectivity index (χ1n) is 8.10. The Kier molecular flexibility index (Phi) is 4.62. The van der Waals surface area contributed by atoms with Crippen LogP contribution in [0.3, 0.4) is 0 Å². The summed E-state index contributed by atoms with van der Waals surface area (Å²) < 4.78 is 19.2. The Bertz CT molecular complexity index is 986. The zero-order chi connectivity index (χ0) is 17.8. The lowest BCUT2D eigenvalue weighted by Crippen LogP contribution is -1.89. The molecule has 0 atom stereocenters. The molecule has 4 rings (SSSR count). The number of thiazole rings is 1. The molecule has 0 amide bonds. The van der Waals surface area contributed by atoms with Crippen molar-refractivity contribution in [2.24, 2.45) is 0 Å². The van der Waals surface area contributed by atoms with Crippen molar-refractivity contribution < 1.29 is 9.13 Å². The Hall–Kier alpha value is -3.18. The van der Waals surface area contributed by atoms with Gasteiger partial charge in [0.05, 0.1) is 0 Å². The lowest BCUT2D eigenvalue weighted by atomic mass is 10.2. The van der Waals surface area contributed by atoms with Crippen LogP contribution in [-0.4, -0.2) is 4.98 Å². The highest BCUT2D eigenvalue weighted by molar-refractivity contribution is 7.18. The van der Waals surface area contributed by atoms with Gasteiger partial charge in [-0.25, -0.2) is 9.37 Å². The lowest BCUT2D eigenvalue weighted by Gasteiger charge is -2.04. The van der Waals surface area contributed by atoms with Crippen LogP contribution in [0, 0.1) is 5.82 Å².